The lowest BCUT2D eigenvalue weighted by molar-refractivity contribution is 0.0933. The molecule has 1 aliphatic carbocycles. The van der Waals surface area contributed by atoms with Crippen molar-refractivity contribution in [3.63, 3.8) is 0 Å². The smallest absolute Gasteiger partial charge is 0.251 e. The molecule has 3 heteroatoms. The van der Waals surface area contributed by atoms with Gasteiger partial charge < -0.3 is 5.32 Å². The van der Waals surface area contributed by atoms with Gasteiger partial charge in [-0.3, -0.25) is 9.69 Å². The van der Waals surface area contributed by atoms with Gasteiger partial charge >= 0.3 is 0 Å². The number of likely N-dealkylation sites (tertiary alicyclic amines) is 1. The van der Waals surface area contributed by atoms with Crippen LogP contribution in [0.4, 0.5) is 0 Å². The molecule has 1 N–H and O–H groups in total. The number of nitrogens with one attached hydrogen (secondary N) is 1. The first-order valence-corrected chi connectivity index (χ1v) is 9.43. The molecule has 126 valence electrons. The van der Waals surface area contributed by atoms with Crippen LogP contribution in [0.3, 0.4) is 0 Å². The standard InChI is InChI=1S/C20H30N2O/c23-20(21-19-8-4-1-2-5-9-19)18-12-10-17(11-13-18)16-22-14-6-3-7-15-22/h10-13,19H,1-9,14-16H2,(H,21,23). The number of nitrogens with zero attached hydrogens (tertiary/aromatic N) is 1. The summed E-state index contributed by atoms with van der Waals surface area (Å²) in [6, 6.07) is 8.60. The second kappa shape index (κ2) is 8.49. The molecule has 0 unspecified atom stereocenters. The minimum absolute atomic E-state index is 0.0985. The molecule has 3 nitrogen and oxygen atoms in total. The second-order valence-corrected chi connectivity index (χ2v) is 7.20. The van der Waals surface area contributed by atoms with E-state index >= 15 is 0 Å². The van der Waals surface area contributed by atoms with Gasteiger partial charge in [0.2, 0.25) is 0 Å². The maximum Gasteiger partial charge on any atom is 0.251 e. The number of piperidine rings is 1. The number of benzene rings is 1. The maximum absolute atomic E-state index is 12.4. The van der Waals surface area contributed by atoms with E-state index in [1.807, 2.05) is 12.1 Å². The number of carbonyl (C=O) groups is 1. The number of hydrogen-bond acceptors (Lipinski definition) is 2. The third-order valence-electron chi connectivity index (χ3n) is 5.26. The summed E-state index contributed by atoms with van der Waals surface area (Å²) in [5, 5.41) is 3.23. The topological polar surface area (TPSA) is 32.3 Å². The zero-order valence-electron chi connectivity index (χ0n) is 14.2. The molecule has 0 aromatic heterocycles. The van der Waals surface area contributed by atoms with Crippen LogP contribution < -0.4 is 5.32 Å². The largest absolute Gasteiger partial charge is 0.349 e. The number of hydrogen-bond donors (Lipinski definition) is 1. The Morgan fingerprint density at radius 1 is 0.913 bits per heavy atom. The zero-order chi connectivity index (χ0) is 15.9. The van der Waals surface area contributed by atoms with Gasteiger partial charge in [-0.05, 0) is 56.5 Å². The van der Waals surface area contributed by atoms with Gasteiger partial charge in [0.15, 0.2) is 0 Å². The van der Waals surface area contributed by atoms with Gasteiger partial charge in [-0.25, -0.2) is 0 Å². The first-order chi connectivity index (χ1) is 11.3. The lowest BCUT2D eigenvalue weighted by Crippen LogP contribution is -2.34. The molecule has 1 heterocycles. The molecular formula is C20H30N2O. The molecule has 1 aromatic rings. The summed E-state index contributed by atoms with van der Waals surface area (Å²) < 4.78 is 0. The molecule has 2 fully saturated rings. The highest BCUT2D eigenvalue weighted by Crippen LogP contribution is 2.18. The Labute approximate surface area is 140 Å². The molecule has 1 amide bonds. The second-order valence-electron chi connectivity index (χ2n) is 7.20. The Balaban J connectivity index is 1.52. The van der Waals surface area contributed by atoms with Crippen molar-refractivity contribution in [3.05, 3.63) is 35.4 Å². The van der Waals surface area contributed by atoms with Crippen LogP contribution in [0, 0.1) is 0 Å². The van der Waals surface area contributed by atoms with Crippen molar-refractivity contribution in [3.8, 4) is 0 Å². The SMILES string of the molecule is O=C(NC1CCCCCC1)c1ccc(CN2CCCCC2)cc1. The summed E-state index contributed by atoms with van der Waals surface area (Å²) in [5.41, 5.74) is 2.12. The summed E-state index contributed by atoms with van der Waals surface area (Å²) >= 11 is 0. The minimum Gasteiger partial charge on any atom is -0.349 e. The summed E-state index contributed by atoms with van der Waals surface area (Å²) in [4.78, 5) is 14.9. The van der Waals surface area contributed by atoms with Crippen molar-refractivity contribution < 1.29 is 4.79 Å². The van der Waals surface area contributed by atoms with Gasteiger partial charge in [0.1, 0.15) is 0 Å². The van der Waals surface area contributed by atoms with Crippen LogP contribution in [-0.4, -0.2) is 29.9 Å². The van der Waals surface area contributed by atoms with Crippen LogP contribution in [0.1, 0.15) is 73.7 Å². The Bertz CT molecular complexity index is 483. The van der Waals surface area contributed by atoms with Gasteiger partial charge in [0.25, 0.3) is 5.91 Å². The maximum atomic E-state index is 12.4. The van der Waals surface area contributed by atoms with E-state index in [0.717, 1.165) is 24.9 Å². The molecule has 1 saturated carbocycles. The van der Waals surface area contributed by atoms with Gasteiger partial charge in [-0.15, -0.1) is 0 Å². The predicted octanol–water partition coefficient (Wildman–Crippen LogP) is 4.13. The van der Waals surface area contributed by atoms with E-state index in [9.17, 15) is 4.79 Å². The molecule has 0 spiro atoms. The molecular weight excluding hydrogens is 284 g/mol. The first kappa shape index (κ1) is 16.5. The predicted molar refractivity (Wildman–Crippen MR) is 94.5 cm³/mol. The molecule has 23 heavy (non-hydrogen) atoms. The van der Waals surface area contributed by atoms with Crippen molar-refractivity contribution in [2.24, 2.45) is 0 Å². The van der Waals surface area contributed by atoms with E-state index in [1.165, 1.54) is 63.6 Å². The molecule has 2 aliphatic rings. The first-order valence-electron chi connectivity index (χ1n) is 9.43. The van der Waals surface area contributed by atoms with E-state index in [-0.39, 0.29) is 5.91 Å². The monoisotopic (exact) mass is 314 g/mol. The van der Waals surface area contributed by atoms with Crippen molar-refractivity contribution >= 4 is 5.91 Å². The Hall–Kier alpha value is -1.35. The fraction of sp³-hybridized carbons (Fsp3) is 0.650. The lowest BCUT2D eigenvalue weighted by Gasteiger charge is -2.26. The van der Waals surface area contributed by atoms with Crippen LogP contribution in [0.15, 0.2) is 24.3 Å². The van der Waals surface area contributed by atoms with E-state index in [4.69, 9.17) is 0 Å². The molecule has 1 aromatic carbocycles. The molecule has 1 saturated heterocycles. The van der Waals surface area contributed by atoms with E-state index in [0.29, 0.717) is 6.04 Å². The van der Waals surface area contributed by atoms with Crippen molar-refractivity contribution in [2.75, 3.05) is 13.1 Å². The Kier molecular flexibility index (Phi) is 6.09. The molecule has 0 atom stereocenters. The van der Waals surface area contributed by atoms with E-state index < -0.39 is 0 Å². The summed E-state index contributed by atoms with van der Waals surface area (Å²) in [6.45, 7) is 3.44. The van der Waals surface area contributed by atoms with Crippen LogP contribution in [0.25, 0.3) is 0 Å². The highest BCUT2D eigenvalue weighted by molar-refractivity contribution is 5.94. The van der Waals surface area contributed by atoms with Crippen LogP contribution >= 0.6 is 0 Å². The number of amides is 1. The number of carbonyl (C=O) groups excluding carboxylic acids is 1. The lowest BCUT2D eigenvalue weighted by atomic mass is 10.1. The van der Waals surface area contributed by atoms with E-state index in [2.05, 4.69) is 22.3 Å². The highest BCUT2D eigenvalue weighted by Gasteiger charge is 2.16. The number of rotatable bonds is 4. The molecule has 0 radical (unpaired) electrons. The summed E-state index contributed by atoms with van der Waals surface area (Å²) in [5.74, 6) is 0.0985. The van der Waals surface area contributed by atoms with Crippen molar-refractivity contribution in [2.45, 2.75) is 70.4 Å². The Morgan fingerprint density at radius 2 is 1.52 bits per heavy atom. The average molecular weight is 314 g/mol. The fourth-order valence-corrected chi connectivity index (χ4v) is 3.83. The highest BCUT2D eigenvalue weighted by atomic mass is 16.1. The third-order valence-corrected chi connectivity index (χ3v) is 5.26. The average Bonchev–Trinajstić information content (AvgIpc) is 2.85. The molecule has 3 rings (SSSR count). The quantitative estimate of drug-likeness (QED) is 0.848. The van der Waals surface area contributed by atoms with E-state index in [1.54, 1.807) is 0 Å². The van der Waals surface area contributed by atoms with Crippen LogP contribution in [0.5, 0.6) is 0 Å². The third kappa shape index (κ3) is 5.07. The van der Waals surface area contributed by atoms with Gasteiger partial charge in [-0.2, -0.15) is 0 Å². The fourth-order valence-electron chi connectivity index (χ4n) is 3.83. The molecule has 0 bridgehead atoms. The normalized spacial score (nSPS) is 20.9. The van der Waals surface area contributed by atoms with Crippen LogP contribution in [-0.2, 0) is 6.54 Å². The minimum atomic E-state index is 0.0985. The van der Waals surface area contributed by atoms with Gasteiger partial charge in [0.05, 0.1) is 0 Å². The Morgan fingerprint density at radius 3 is 2.17 bits per heavy atom. The van der Waals surface area contributed by atoms with Crippen molar-refractivity contribution in [1.82, 2.24) is 10.2 Å². The summed E-state index contributed by atoms with van der Waals surface area (Å²) in [6.07, 6.45) is 11.4. The zero-order valence-corrected chi connectivity index (χ0v) is 14.2. The molecule has 1 aliphatic heterocycles. The van der Waals surface area contributed by atoms with Gasteiger partial charge in [-0.1, -0.05) is 44.2 Å². The summed E-state index contributed by atoms with van der Waals surface area (Å²) in [7, 11) is 0. The van der Waals surface area contributed by atoms with Gasteiger partial charge in [0, 0.05) is 18.2 Å². The van der Waals surface area contributed by atoms with Crippen LogP contribution in [0.2, 0.25) is 0 Å². The van der Waals surface area contributed by atoms with Crippen molar-refractivity contribution in [1.29, 1.82) is 0 Å².